The van der Waals surface area contributed by atoms with E-state index in [9.17, 15) is 9.59 Å². The molecular weight excluding hydrogens is 392 g/mol. The van der Waals surface area contributed by atoms with Crippen LogP contribution in [-0.2, 0) is 17.9 Å². The van der Waals surface area contributed by atoms with Crippen LogP contribution in [0.2, 0.25) is 0 Å². The van der Waals surface area contributed by atoms with Crippen molar-refractivity contribution in [2.45, 2.75) is 38.8 Å². The first-order valence-corrected chi connectivity index (χ1v) is 11.1. The highest BCUT2D eigenvalue weighted by Gasteiger charge is 2.31. The summed E-state index contributed by atoms with van der Waals surface area (Å²) in [5.41, 5.74) is 1.90. The third-order valence-corrected chi connectivity index (χ3v) is 5.96. The number of carbonyl (C=O) groups is 2. The minimum absolute atomic E-state index is 0.0169. The van der Waals surface area contributed by atoms with Crippen LogP contribution in [0.25, 0.3) is 0 Å². The van der Waals surface area contributed by atoms with Crippen LogP contribution < -0.4 is 10.1 Å². The van der Waals surface area contributed by atoms with Gasteiger partial charge in [0.25, 0.3) is 0 Å². The van der Waals surface area contributed by atoms with Gasteiger partial charge in [0.15, 0.2) is 0 Å². The SMILES string of the molecule is O=C(NCc1cccnc1OCc1ccccc1)[C@H]1CCCN(C(=O)N2CCCC2)C1. The molecule has 0 saturated carbocycles. The summed E-state index contributed by atoms with van der Waals surface area (Å²) in [6.45, 7) is 3.67. The van der Waals surface area contributed by atoms with Gasteiger partial charge in [-0.25, -0.2) is 9.78 Å². The van der Waals surface area contributed by atoms with E-state index in [0.717, 1.165) is 56.4 Å². The van der Waals surface area contributed by atoms with Crippen molar-refractivity contribution in [2.75, 3.05) is 26.2 Å². The van der Waals surface area contributed by atoms with Crippen LogP contribution in [0.1, 0.15) is 36.8 Å². The summed E-state index contributed by atoms with van der Waals surface area (Å²) in [4.78, 5) is 33.6. The standard InChI is InChI=1S/C24H30N4O3/c29-22(21-11-7-15-28(17-21)24(30)27-13-4-5-14-27)26-16-20-10-6-12-25-23(20)31-18-19-8-2-1-3-9-19/h1-3,6,8-10,12,21H,4-5,7,11,13-18H2,(H,26,29)/t21-/m0/s1. The van der Waals surface area contributed by atoms with Crippen molar-refractivity contribution in [1.82, 2.24) is 20.1 Å². The monoisotopic (exact) mass is 422 g/mol. The van der Waals surface area contributed by atoms with Gasteiger partial charge in [0, 0.05) is 44.5 Å². The molecule has 0 spiro atoms. The van der Waals surface area contributed by atoms with Gasteiger partial charge in [-0.1, -0.05) is 36.4 Å². The highest BCUT2D eigenvalue weighted by atomic mass is 16.5. The van der Waals surface area contributed by atoms with Crippen LogP contribution >= 0.6 is 0 Å². The van der Waals surface area contributed by atoms with Crippen LogP contribution in [0.5, 0.6) is 5.88 Å². The largest absolute Gasteiger partial charge is 0.473 e. The number of hydrogen-bond donors (Lipinski definition) is 1. The zero-order valence-corrected chi connectivity index (χ0v) is 17.8. The lowest BCUT2D eigenvalue weighted by Gasteiger charge is -2.34. The zero-order valence-electron chi connectivity index (χ0n) is 17.8. The van der Waals surface area contributed by atoms with Crippen LogP contribution in [0, 0.1) is 5.92 Å². The van der Waals surface area contributed by atoms with Crippen LogP contribution in [0.15, 0.2) is 48.7 Å². The molecule has 0 aliphatic carbocycles. The van der Waals surface area contributed by atoms with Gasteiger partial charge in [-0.15, -0.1) is 0 Å². The van der Waals surface area contributed by atoms with Gasteiger partial charge < -0.3 is 19.9 Å². The third kappa shape index (κ3) is 5.54. The smallest absolute Gasteiger partial charge is 0.320 e. The van der Waals surface area contributed by atoms with Crippen molar-refractivity contribution in [3.63, 3.8) is 0 Å². The number of rotatable bonds is 6. The second-order valence-electron chi connectivity index (χ2n) is 8.22. The fourth-order valence-electron chi connectivity index (χ4n) is 4.21. The van der Waals surface area contributed by atoms with E-state index < -0.39 is 0 Å². The molecule has 2 aliphatic rings. The fraction of sp³-hybridized carbons (Fsp3) is 0.458. The molecule has 1 aromatic heterocycles. The Kier molecular flexibility index (Phi) is 7.02. The average molecular weight is 423 g/mol. The lowest BCUT2D eigenvalue weighted by atomic mass is 9.97. The van der Waals surface area contributed by atoms with E-state index in [4.69, 9.17) is 4.74 Å². The maximum atomic E-state index is 12.8. The number of amides is 3. The number of carbonyl (C=O) groups excluding carboxylic acids is 2. The van der Waals surface area contributed by atoms with Gasteiger partial charge in [0.05, 0.1) is 5.92 Å². The molecule has 2 aliphatic heterocycles. The summed E-state index contributed by atoms with van der Waals surface area (Å²) in [5, 5.41) is 3.03. The van der Waals surface area contributed by atoms with Crippen molar-refractivity contribution in [3.05, 3.63) is 59.8 Å². The van der Waals surface area contributed by atoms with E-state index in [1.807, 2.05) is 52.3 Å². The molecule has 7 heteroatoms. The second-order valence-corrected chi connectivity index (χ2v) is 8.22. The normalized spacial score (nSPS) is 18.6. The van der Waals surface area contributed by atoms with Crippen molar-refractivity contribution in [3.8, 4) is 5.88 Å². The number of hydrogen-bond acceptors (Lipinski definition) is 4. The Labute approximate surface area is 183 Å². The molecule has 31 heavy (non-hydrogen) atoms. The lowest BCUT2D eigenvalue weighted by molar-refractivity contribution is -0.126. The number of piperidine rings is 1. The molecule has 0 bridgehead atoms. The van der Waals surface area contributed by atoms with Gasteiger partial charge in [-0.05, 0) is 37.3 Å². The van der Waals surface area contributed by atoms with Crippen LogP contribution in [0.3, 0.4) is 0 Å². The summed E-state index contributed by atoms with van der Waals surface area (Å²) in [6.07, 6.45) is 5.50. The summed E-state index contributed by atoms with van der Waals surface area (Å²) in [6, 6.07) is 13.8. The molecule has 2 aromatic rings. The van der Waals surface area contributed by atoms with Crippen molar-refractivity contribution < 1.29 is 14.3 Å². The summed E-state index contributed by atoms with van der Waals surface area (Å²) < 4.78 is 5.89. The highest BCUT2D eigenvalue weighted by molar-refractivity contribution is 5.81. The molecule has 1 N–H and O–H groups in total. The van der Waals surface area contributed by atoms with Gasteiger partial charge in [-0.3, -0.25) is 4.79 Å². The molecule has 7 nitrogen and oxygen atoms in total. The number of nitrogens with one attached hydrogen (secondary N) is 1. The third-order valence-electron chi connectivity index (χ3n) is 5.96. The molecular formula is C24H30N4O3. The molecule has 3 amide bonds. The second kappa shape index (κ2) is 10.3. The van der Waals surface area contributed by atoms with E-state index in [-0.39, 0.29) is 17.9 Å². The zero-order chi connectivity index (χ0) is 21.5. The molecule has 2 saturated heterocycles. The lowest BCUT2D eigenvalue weighted by Crippen LogP contribution is -2.49. The number of benzene rings is 1. The number of urea groups is 1. The first kappa shape index (κ1) is 21.2. The van der Waals surface area contributed by atoms with E-state index >= 15 is 0 Å². The average Bonchev–Trinajstić information content (AvgIpc) is 3.37. The van der Waals surface area contributed by atoms with Crippen molar-refractivity contribution in [2.24, 2.45) is 5.92 Å². The summed E-state index contributed by atoms with van der Waals surface area (Å²) in [5.74, 6) is 0.337. The maximum Gasteiger partial charge on any atom is 0.320 e. The Bertz CT molecular complexity index is 883. The number of ether oxygens (including phenoxy) is 1. The highest BCUT2D eigenvalue weighted by Crippen LogP contribution is 2.21. The van der Waals surface area contributed by atoms with E-state index in [1.165, 1.54) is 0 Å². The molecule has 1 atom stereocenters. The van der Waals surface area contributed by atoms with Crippen molar-refractivity contribution in [1.29, 1.82) is 0 Å². The Morgan fingerprint density at radius 2 is 1.77 bits per heavy atom. The first-order chi connectivity index (χ1) is 15.2. The topological polar surface area (TPSA) is 74.8 Å². The predicted molar refractivity (Wildman–Crippen MR) is 117 cm³/mol. The number of likely N-dealkylation sites (tertiary alicyclic amines) is 2. The molecule has 0 radical (unpaired) electrons. The molecule has 2 fully saturated rings. The fourth-order valence-corrected chi connectivity index (χ4v) is 4.21. The minimum atomic E-state index is -0.175. The number of pyridine rings is 1. The molecule has 4 rings (SSSR count). The maximum absolute atomic E-state index is 12.8. The first-order valence-electron chi connectivity index (χ1n) is 11.1. The van der Waals surface area contributed by atoms with Crippen LogP contribution in [-0.4, -0.2) is 52.9 Å². The number of nitrogens with zero attached hydrogens (tertiary/aromatic N) is 3. The Morgan fingerprint density at radius 3 is 2.58 bits per heavy atom. The van der Waals surface area contributed by atoms with Gasteiger partial charge in [-0.2, -0.15) is 0 Å². The van der Waals surface area contributed by atoms with Gasteiger partial charge >= 0.3 is 6.03 Å². The molecule has 0 unspecified atom stereocenters. The molecule has 164 valence electrons. The van der Waals surface area contributed by atoms with Gasteiger partial charge in [0.2, 0.25) is 11.8 Å². The Hall–Kier alpha value is -3.09. The van der Waals surface area contributed by atoms with E-state index in [1.54, 1.807) is 6.20 Å². The molecule has 1 aromatic carbocycles. The quantitative estimate of drug-likeness (QED) is 0.776. The van der Waals surface area contributed by atoms with E-state index in [2.05, 4.69) is 10.3 Å². The Morgan fingerprint density at radius 1 is 1.00 bits per heavy atom. The number of aromatic nitrogens is 1. The minimum Gasteiger partial charge on any atom is -0.473 e. The predicted octanol–water partition coefficient (Wildman–Crippen LogP) is 3.20. The van der Waals surface area contributed by atoms with Crippen LogP contribution in [0.4, 0.5) is 4.79 Å². The summed E-state index contributed by atoms with van der Waals surface area (Å²) >= 11 is 0. The van der Waals surface area contributed by atoms with Crippen molar-refractivity contribution >= 4 is 11.9 Å². The molecule has 3 heterocycles. The Balaban J connectivity index is 1.30. The van der Waals surface area contributed by atoms with E-state index in [0.29, 0.717) is 25.6 Å². The van der Waals surface area contributed by atoms with Gasteiger partial charge in [0.1, 0.15) is 6.61 Å². The summed E-state index contributed by atoms with van der Waals surface area (Å²) in [7, 11) is 0.